The molecule has 2 aromatic carbocycles. The van der Waals surface area contributed by atoms with Crippen LogP contribution in [0.25, 0.3) is 11.1 Å². The average molecular weight is 566 g/mol. The number of hydrogen-bond donors (Lipinski definition) is 6. The van der Waals surface area contributed by atoms with Crippen molar-refractivity contribution in [3.05, 3.63) is 75.8 Å². The Hall–Kier alpha value is -4.06. The van der Waals surface area contributed by atoms with Crippen molar-refractivity contribution in [3.8, 4) is 16.9 Å². The first-order valence-electron chi connectivity index (χ1n) is 13.3. The number of nitrogens with one attached hydrogen (secondary N) is 1. The van der Waals surface area contributed by atoms with Gasteiger partial charge in [0.1, 0.15) is 29.5 Å². The monoisotopic (exact) mass is 565 g/mol. The van der Waals surface area contributed by atoms with Gasteiger partial charge in [0.25, 0.3) is 5.91 Å². The Morgan fingerprint density at radius 2 is 1.88 bits per heavy atom. The Labute approximate surface area is 235 Å². The lowest BCUT2D eigenvalue weighted by Gasteiger charge is -2.50. The van der Waals surface area contributed by atoms with Gasteiger partial charge in [0.05, 0.1) is 11.6 Å². The summed E-state index contributed by atoms with van der Waals surface area (Å²) in [4.78, 5) is 40.8. The Bertz CT molecular complexity index is 1530. The molecule has 0 unspecified atom stereocenters. The molecule has 3 aliphatic rings. The first kappa shape index (κ1) is 28.5. The number of fused-ring (bicyclic) bond motifs is 3. The molecular formula is C30H32FN3O7. The molecule has 0 heterocycles. The van der Waals surface area contributed by atoms with Crippen LogP contribution in [-0.2, 0) is 22.6 Å². The van der Waals surface area contributed by atoms with Gasteiger partial charge in [-0.25, -0.2) is 4.39 Å². The van der Waals surface area contributed by atoms with Crippen LogP contribution in [-0.4, -0.2) is 81.8 Å². The van der Waals surface area contributed by atoms with E-state index in [1.54, 1.807) is 20.2 Å². The molecule has 2 aromatic rings. The Balaban J connectivity index is 1.62. The van der Waals surface area contributed by atoms with Crippen LogP contribution in [0.5, 0.6) is 5.75 Å². The highest BCUT2D eigenvalue weighted by molar-refractivity contribution is 6.24. The number of rotatable bonds is 7. The highest BCUT2D eigenvalue weighted by atomic mass is 19.1. The summed E-state index contributed by atoms with van der Waals surface area (Å²) < 4.78 is 12.6. The molecule has 0 saturated carbocycles. The van der Waals surface area contributed by atoms with Crippen LogP contribution in [0, 0.1) is 11.8 Å². The highest BCUT2D eigenvalue weighted by Crippen LogP contribution is 2.52. The number of nitrogens with two attached hydrogens (primary N) is 1. The van der Waals surface area contributed by atoms with Crippen molar-refractivity contribution < 1.29 is 39.2 Å². The molecule has 0 bridgehead atoms. The number of primary amides is 1. The summed E-state index contributed by atoms with van der Waals surface area (Å²) in [5.41, 5.74) is 4.39. The number of aromatic hydroxyl groups is 1. The molecule has 216 valence electrons. The number of Topliss-reactive ketones (excluding diaryl/α,β-unsaturated/α-hetero) is 2. The first-order valence-corrected chi connectivity index (χ1v) is 13.3. The number of nitrogens with zero attached hydrogens (tertiary/aromatic N) is 1. The van der Waals surface area contributed by atoms with Crippen molar-refractivity contribution >= 4 is 17.5 Å². The lowest BCUT2D eigenvalue weighted by Crippen LogP contribution is -2.63. The van der Waals surface area contributed by atoms with Crippen molar-refractivity contribution in [2.45, 2.75) is 31.0 Å². The van der Waals surface area contributed by atoms with E-state index in [4.69, 9.17) is 5.73 Å². The number of phenols is 1. The second-order valence-electron chi connectivity index (χ2n) is 11.0. The zero-order chi connectivity index (χ0) is 29.8. The second kappa shape index (κ2) is 10.4. The van der Waals surface area contributed by atoms with Gasteiger partial charge in [-0.15, -0.1) is 0 Å². The number of hydrogen-bond acceptors (Lipinski definition) is 9. The summed E-state index contributed by atoms with van der Waals surface area (Å²) in [7, 11) is 3.16. The van der Waals surface area contributed by atoms with Crippen molar-refractivity contribution in [1.29, 1.82) is 0 Å². The van der Waals surface area contributed by atoms with Crippen LogP contribution in [0.15, 0.2) is 59.1 Å². The predicted molar refractivity (Wildman–Crippen MR) is 147 cm³/mol. The van der Waals surface area contributed by atoms with Gasteiger partial charge in [-0.3, -0.25) is 19.3 Å². The van der Waals surface area contributed by atoms with Gasteiger partial charge in [-0.05, 0) is 61.2 Å². The highest BCUT2D eigenvalue weighted by Gasteiger charge is 2.63. The quantitative estimate of drug-likeness (QED) is 0.216. The number of halogens is 1. The molecule has 4 atom stereocenters. The fourth-order valence-electron chi connectivity index (χ4n) is 6.68. The van der Waals surface area contributed by atoms with E-state index >= 15 is 0 Å². The Morgan fingerprint density at radius 3 is 2.54 bits per heavy atom. The van der Waals surface area contributed by atoms with E-state index in [0.29, 0.717) is 17.7 Å². The fourth-order valence-corrected chi connectivity index (χ4v) is 6.68. The van der Waals surface area contributed by atoms with Crippen LogP contribution < -0.4 is 11.1 Å². The number of ketones is 2. The van der Waals surface area contributed by atoms with Gasteiger partial charge >= 0.3 is 0 Å². The van der Waals surface area contributed by atoms with E-state index in [-0.39, 0.29) is 36.3 Å². The molecule has 10 nitrogen and oxygen atoms in total. The van der Waals surface area contributed by atoms with E-state index in [1.807, 2.05) is 24.3 Å². The number of phenolic OH excluding ortho intramolecular Hbond substituents is 1. The molecule has 1 amide bonds. The van der Waals surface area contributed by atoms with E-state index in [9.17, 15) is 39.2 Å². The number of amides is 1. The standard InChI is InChI=1S/C30H32FN3O7/c1-34(2)24-19-11-17-10-16-9-15(18-6-4-3-5-14(18)13-33-8-7-31)12-20(35)21(16)25(36)22(17)27(38)30(19,41)28(39)23(26(24)37)29(32)40/h3-6,9,12,17,19,24,33,35,37-38,41H,7-8,10-11,13H2,1-2H3,(H2,32,40)/t17-,19-,24-,30-/m0/s1. The first-order chi connectivity index (χ1) is 19.4. The maximum absolute atomic E-state index is 13.8. The smallest absolute Gasteiger partial charge is 0.255 e. The molecule has 0 aliphatic heterocycles. The van der Waals surface area contributed by atoms with Crippen molar-refractivity contribution in [1.82, 2.24) is 10.2 Å². The number of likely N-dealkylation sites (N-methyl/N-ethyl adjacent to an activating group) is 1. The zero-order valence-corrected chi connectivity index (χ0v) is 22.6. The van der Waals surface area contributed by atoms with E-state index in [0.717, 1.165) is 11.1 Å². The SMILES string of the molecule is CN(C)[C@@H]1C(O)=C(C(N)=O)C(=O)[C@@]2(O)C(O)=C3C(=O)c4c(O)cc(-c5ccccc5CNCCF)cc4C[C@H]3C[C@@H]12. The molecular weight excluding hydrogens is 533 g/mol. The van der Waals surface area contributed by atoms with Gasteiger partial charge in [0.2, 0.25) is 5.78 Å². The summed E-state index contributed by atoms with van der Waals surface area (Å²) in [6.07, 6.45) is 0.207. The number of aliphatic hydroxyl groups is 3. The number of carbonyl (C=O) groups is 3. The molecule has 0 spiro atoms. The van der Waals surface area contributed by atoms with Gasteiger partial charge in [-0.2, -0.15) is 0 Å². The maximum atomic E-state index is 13.8. The average Bonchev–Trinajstić information content (AvgIpc) is 2.90. The zero-order valence-electron chi connectivity index (χ0n) is 22.6. The largest absolute Gasteiger partial charge is 0.510 e. The second-order valence-corrected chi connectivity index (χ2v) is 11.0. The summed E-state index contributed by atoms with van der Waals surface area (Å²) >= 11 is 0. The predicted octanol–water partition coefficient (Wildman–Crippen LogP) is 1.85. The number of carbonyl (C=O) groups excluding carboxylic acids is 3. The van der Waals surface area contributed by atoms with Gasteiger partial charge in [-0.1, -0.05) is 30.3 Å². The maximum Gasteiger partial charge on any atom is 0.255 e. The van der Waals surface area contributed by atoms with Crippen LogP contribution in [0.2, 0.25) is 0 Å². The van der Waals surface area contributed by atoms with Gasteiger partial charge < -0.3 is 31.5 Å². The minimum Gasteiger partial charge on any atom is -0.510 e. The lowest BCUT2D eigenvalue weighted by molar-refractivity contribution is -0.148. The molecule has 0 aromatic heterocycles. The molecule has 5 rings (SSSR count). The molecule has 3 aliphatic carbocycles. The van der Waals surface area contributed by atoms with Crippen LogP contribution in [0.1, 0.15) is 27.9 Å². The van der Waals surface area contributed by atoms with Crippen LogP contribution >= 0.6 is 0 Å². The molecule has 7 N–H and O–H groups in total. The fraction of sp³-hybridized carbons (Fsp3) is 0.367. The number of allylic oxidation sites excluding steroid dienone is 1. The van der Waals surface area contributed by atoms with E-state index in [1.165, 1.54) is 11.0 Å². The molecule has 0 saturated heterocycles. The molecule has 41 heavy (non-hydrogen) atoms. The normalized spacial score (nSPS) is 25.7. The third-order valence-corrected chi connectivity index (χ3v) is 8.45. The van der Waals surface area contributed by atoms with Crippen LogP contribution in [0.4, 0.5) is 4.39 Å². The summed E-state index contributed by atoms with van der Waals surface area (Å²) in [5.74, 6) is -6.87. The van der Waals surface area contributed by atoms with Crippen LogP contribution in [0.3, 0.4) is 0 Å². The van der Waals surface area contributed by atoms with Gasteiger partial charge in [0, 0.05) is 24.6 Å². The lowest BCUT2D eigenvalue weighted by atomic mass is 9.58. The van der Waals surface area contributed by atoms with Crippen molar-refractivity contribution in [2.24, 2.45) is 17.6 Å². The number of alkyl halides is 1. The topological polar surface area (TPSA) is 173 Å². The summed E-state index contributed by atoms with van der Waals surface area (Å²) in [6, 6.07) is 9.58. The third-order valence-electron chi connectivity index (χ3n) is 8.45. The molecule has 0 fully saturated rings. The molecule has 0 radical (unpaired) electrons. The number of aliphatic hydroxyl groups excluding tert-OH is 2. The van der Waals surface area contributed by atoms with E-state index in [2.05, 4.69) is 5.32 Å². The third kappa shape index (κ3) is 4.32. The van der Waals surface area contributed by atoms with E-state index < -0.39 is 64.7 Å². The van der Waals surface area contributed by atoms with Crippen molar-refractivity contribution in [3.63, 3.8) is 0 Å². The number of benzene rings is 2. The van der Waals surface area contributed by atoms with Gasteiger partial charge in [0.15, 0.2) is 11.4 Å². The minimum absolute atomic E-state index is 0.0144. The van der Waals surface area contributed by atoms with Crippen molar-refractivity contribution in [2.75, 3.05) is 27.3 Å². The molecule has 11 heteroatoms. The summed E-state index contributed by atoms with van der Waals surface area (Å²) in [6.45, 7) is 0.0702. The summed E-state index contributed by atoms with van der Waals surface area (Å²) in [5, 5.41) is 48.0. The Kier molecular flexibility index (Phi) is 7.22. The Morgan fingerprint density at radius 1 is 1.17 bits per heavy atom. The minimum atomic E-state index is -2.67.